The van der Waals surface area contributed by atoms with Gasteiger partial charge >= 0.3 is 11.9 Å². The van der Waals surface area contributed by atoms with Crippen LogP contribution in [0.25, 0.3) is 0 Å². The second-order valence-corrected chi connectivity index (χ2v) is 8.84. The van der Waals surface area contributed by atoms with Crippen LogP contribution in [0, 0.1) is 0 Å². The molecular formula is C31H30N2O6. The average Bonchev–Trinajstić information content (AvgIpc) is 2.92. The number of carbonyl (C=O) groups excluding carboxylic acids is 2. The molecule has 0 saturated heterocycles. The molecular weight excluding hydrogens is 496 g/mol. The van der Waals surface area contributed by atoms with Crippen molar-refractivity contribution in [3.05, 3.63) is 119 Å². The fourth-order valence-corrected chi connectivity index (χ4v) is 4.01. The zero-order valence-corrected chi connectivity index (χ0v) is 21.5. The molecule has 0 saturated carbocycles. The van der Waals surface area contributed by atoms with Crippen molar-refractivity contribution in [1.29, 1.82) is 0 Å². The van der Waals surface area contributed by atoms with Gasteiger partial charge in [0.25, 0.3) is 0 Å². The fourth-order valence-electron chi connectivity index (χ4n) is 4.01. The Balaban J connectivity index is 1.88. The molecule has 0 heterocycles. The van der Waals surface area contributed by atoms with Crippen LogP contribution in [-0.2, 0) is 25.6 Å². The Morgan fingerprint density at radius 1 is 0.641 bits per heavy atom. The molecule has 3 aromatic rings. The molecule has 8 nitrogen and oxygen atoms in total. The highest BCUT2D eigenvalue weighted by Gasteiger charge is 2.17. The summed E-state index contributed by atoms with van der Waals surface area (Å²) in [6.45, 7) is 2.16. The minimum atomic E-state index is -1.20. The maximum absolute atomic E-state index is 11.9. The van der Waals surface area contributed by atoms with E-state index in [1.807, 2.05) is 24.3 Å². The lowest BCUT2D eigenvalue weighted by Gasteiger charge is -2.20. The quantitative estimate of drug-likeness (QED) is 0.185. The van der Waals surface area contributed by atoms with E-state index in [1.54, 1.807) is 24.3 Å². The fraction of sp³-hybridized carbons (Fsp3) is 0.161. The topological polar surface area (TPSA) is 133 Å². The highest BCUT2D eigenvalue weighted by Crippen LogP contribution is 2.33. The highest BCUT2D eigenvalue weighted by atomic mass is 16.4. The summed E-state index contributed by atoms with van der Waals surface area (Å²) < 4.78 is 0. The normalized spacial score (nSPS) is 11.1. The first-order valence-corrected chi connectivity index (χ1v) is 12.5. The van der Waals surface area contributed by atoms with Crippen LogP contribution in [0.4, 0.5) is 11.4 Å². The lowest BCUT2D eigenvalue weighted by Crippen LogP contribution is -2.10. The molecule has 0 aromatic heterocycles. The van der Waals surface area contributed by atoms with Gasteiger partial charge in [-0.05, 0) is 59.4 Å². The van der Waals surface area contributed by atoms with Crippen LogP contribution in [0.5, 0.6) is 0 Å². The number of carboxylic acid groups (broad SMARTS) is 2. The van der Waals surface area contributed by atoms with E-state index in [0.29, 0.717) is 11.4 Å². The van der Waals surface area contributed by atoms with E-state index in [1.165, 1.54) is 5.56 Å². The summed E-state index contributed by atoms with van der Waals surface area (Å²) in [5.74, 6) is -3.63. The van der Waals surface area contributed by atoms with Gasteiger partial charge in [0, 0.05) is 41.6 Å². The molecule has 0 aliphatic carbocycles. The first kappa shape index (κ1) is 28.6. The zero-order valence-electron chi connectivity index (χ0n) is 21.5. The van der Waals surface area contributed by atoms with E-state index >= 15 is 0 Å². The molecule has 4 N–H and O–H groups in total. The summed E-state index contributed by atoms with van der Waals surface area (Å²) in [5, 5.41) is 22.7. The van der Waals surface area contributed by atoms with Gasteiger partial charge in [-0.15, -0.1) is 0 Å². The number of amides is 2. The molecule has 0 fully saturated rings. The molecule has 0 atom stereocenters. The lowest BCUT2D eigenvalue weighted by molar-refractivity contribution is -0.132. The van der Waals surface area contributed by atoms with Crippen LogP contribution in [0.1, 0.15) is 47.9 Å². The van der Waals surface area contributed by atoms with Crippen molar-refractivity contribution in [2.24, 2.45) is 0 Å². The van der Waals surface area contributed by atoms with Gasteiger partial charge in [-0.25, -0.2) is 9.59 Å². The number of rotatable bonds is 12. The largest absolute Gasteiger partial charge is 0.478 e. The monoisotopic (exact) mass is 526 g/mol. The van der Waals surface area contributed by atoms with Gasteiger partial charge in [0.1, 0.15) is 0 Å². The summed E-state index contributed by atoms with van der Waals surface area (Å²) in [6, 6.07) is 23.1. The maximum atomic E-state index is 11.9. The number of unbranched alkanes of at least 4 members (excludes halogenated alkanes) is 1. The van der Waals surface area contributed by atoms with Gasteiger partial charge in [0.2, 0.25) is 11.8 Å². The predicted octanol–water partition coefficient (Wildman–Crippen LogP) is 5.37. The van der Waals surface area contributed by atoms with Crippen molar-refractivity contribution in [3.8, 4) is 0 Å². The number of nitrogens with one attached hydrogen (secondary N) is 2. The Bertz CT molecular complexity index is 1280. The number of carbonyl (C=O) groups is 4. The average molecular weight is 527 g/mol. The Labute approximate surface area is 226 Å². The van der Waals surface area contributed by atoms with Gasteiger partial charge < -0.3 is 20.8 Å². The van der Waals surface area contributed by atoms with Crippen molar-refractivity contribution in [2.45, 2.75) is 32.1 Å². The lowest BCUT2D eigenvalue weighted by atomic mass is 9.84. The van der Waals surface area contributed by atoms with E-state index in [-0.39, 0.29) is 5.92 Å². The van der Waals surface area contributed by atoms with Crippen molar-refractivity contribution in [3.63, 3.8) is 0 Å². The van der Waals surface area contributed by atoms with Crippen LogP contribution in [0.2, 0.25) is 0 Å². The molecule has 200 valence electrons. The molecule has 0 radical (unpaired) electrons. The minimum absolute atomic E-state index is 0.140. The van der Waals surface area contributed by atoms with Crippen LogP contribution < -0.4 is 10.6 Å². The molecule has 0 bridgehead atoms. The number of benzene rings is 3. The maximum Gasteiger partial charge on any atom is 0.328 e. The van der Waals surface area contributed by atoms with E-state index < -0.39 is 23.8 Å². The summed E-state index contributed by atoms with van der Waals surface area (Å²) in [5.41, 5.74) is 5.32. The van der Waals surface area contributed by atoms with E-state index in [9.17, 15) is 19.2 Å². The number of anilines is 2. The summed E-state index contributed by atoms with van der Waals surface area (Å²) in [4.78, 5) is 45.2. The van der Waals surface area contributed by atoms with Crippen LogP contribution in [0.15, 0.2) is 97.1 Å². The van der Waals surface area contributed by atoms with Crippen molar-refractivity contribution in [2.75, 3.05) is 10.6 Å². The first-order chi connectivity index (χ1) is 18.7. The van der Waals surface area contributed by atoms with E-state index in [4.69, 9.17) is 10.2 Å². The number of hydrogen-bond donors (Lipinski definition) is 4. The minimum Gasteiger partial charge on any atom is -0.478 e. The third-order valence-electron chi connectivity index (χ3n) is 5.91. The van der Waals surface area contributed by atoms with Gasteiger partial charge in [-0.3, -0.25) is 9.59 Å². The second kappa shape index (κ2) is 14.1. The van der Waals surface area contributed by atoms with E-state index in [0.717, 1.165) is 60.3 Å². The smallest absolute Gasteiger partial charge is 0.328 e. The molecule has 3 rings (SSSR count). The Hall–Kier alpha value is -4.98. The summed E-state index contributed by atoms with van der Waals surface area (Å²) in [6.07, 6.45) is 6.71. The molecule has 3 aromatic carbocycles. The Morgan fingerprint density at radius 3 is 1.38 bits per heavy atom. The van der Waals surface area contributed by atoms with Crippen molar-refractivity contribution in [1.82, 2.24) is 0 Å². The predicted molar refractivity (Wildman–Crippen MR) is 150 cm³/mol. The first-order valence-electron chi connectivity index (χ1n) is 12.5. The standard InChI is InChI=1S/C31H30N2O6/c1-2-3-4-21-5-7-22(8-6-21)31(23-9-13-25(14-10-23)32-27(34)17-19-29(36)37)24-11-15-26(16-12-24)33-28(35)18-20-30(38)39/h5-20,31H,2-4H2,1H3,(H,32,34)(H,33,35)(H,36,37)(H,38,39)/b19-17+,20-18+. The van der Waals surface area contributed by atoms with E-state index in [2.05, 4.69) is 41.8 Å². The number of aliphatic carboxylic acids is 2. The van der Waals surface area contributed by atoms with Crippen molar-refractivity contribution >= 4 is 35.1 Å². The number of hydrogen-bond acceptors (Lipinski definition) is 4. The van der Waals surface area contributed by atoms with Gasteiger partial charge in [0.05, 0.1) is 0 Å². The third-order valence-corrected chi connectivity index (χ3v) is 5.91. The number of aryl methyl sites for hydroxylation is 1. The Morgan fingerprint density at radius 2 is 1.03 bits per heavy atom. The third kappa shape index (κ3) is 9.12. The van der Waals surface area contributed by atoms with Gasteiger partial charge in [0.15, 0.2) is 0 Å². The van der Waals surface area contributed by atoms with Crippen LogP contribution >= 0.6 is 0 Å². The summed E-state index contributed by atoms with van der Waals surface area (Å²) >= 11 is 0. The second-order valence-electron chi connectivity index (χ2n) is 8.84. The van der Waals surface area contributed by atoms with Crippen LogP contribution in [-0.4, -0.2) is 34.0 Å². The highest BCUT2D eigenvalue weighted by molar-refractivity contribution is 6.03. The summed E-state index contributed by atoms with van der Waals surface area (Å²) in [7, 11) is 0. The molecule has 8 heteroatoms. The Kier molecular flexibility index (Phi) is 10.3. The van der Waals surface area contributed by atoms with Crippen molar-refractivity contribution < 1.29 is 29.4 Å². The molecule has 39 heavy (non-hydrogen) atoms. The molecule has 0 aliphatic heterocycles. The van der Waals surface area contributed by atoms with Gasteiger partial charge in [-0.2, -0.15) is 0 Å². The van der Waals surface area contributed by atoms with Crippen LogP contribution in [0.3, 0.4) is 0 Å². The zero-order chi connectivity index (χ0) is 28.2. The molecule has 2 amide bonds. The number of carboxylic acids is 2. The molecule has 0 aliphatic rings. The molecule has 0 unspecified atom stereocenters. The molecule has 0 spiro atoms. The van der Waals surface area contributed by atoms with Gasteiger partial charge in [-0.1, -0.05) is 61.9 Å². The SMILES string of the molecule is CCCCc1ccc(C(c2ccc(NC(=O)/C=C/C(=O)O)cc2)c2ccc(NC(=O)/C=C/C(=O)O)cc2)cc1.